The molecular weight excluding hydrogens is 308 g/mol. The van der Waals surface area contributed by atoms with Crippen molar-refractivity contribution in [3.63, 3.8) is 0 Å². The molecule has 1 aromatic heterocycles. The van der Waals surface area contributed by atoms with E-state index in [1.807, 2.05) is 0 Å². The Morgan fingerprint density at radius 1 is 1.25 bits per heavy atom. The van der Waals surface area contributed by atoms with Gasteiger partial charge in [-0.2, -0.15) is 0 Å². The normalized spacial score (nSPS) is 16.2. The molecule has 128 valence electrons. The Morgan fingerprint density at radius 2 is 1.96 bits per heavy atom. The first-order valence-corrected chi connectivity index (χ1v) is 8.10. The number of fused-ring (bicyclic) bond motifs is 1. The van der Waals surface area contributed by atoms with E-state index in [4.69, 9.17) is 9.15 Å². The SMILES string of the molecule is CC(C)(CNC(=O)c1coc2ccccc2c1=O)N1CCOCC1. The van der Waals surface area contributed by atoms with Gasteiger partial charge >= 0.3 is 0 Å². The predicted molar refractivity (Wildman–Crippen MR) is 91.3 cm³/mol. The van der Waals surface area contributed by atoms with Crippen molar-refractivity contribution in [1.82, 2.24) is 10.2 Å². The number of ether oxygens (including phenoxy) is 1. The Hall–Kier alpha value is -2.18. The van der Waals surface area contributed by atoms with Crippen molar-refractivity contribution >= 4 is 16.9 Å². The third-order valence-corrected chi connectivity index (χ3v) is 4.47. The lowest BCUT2D eigenvalue weighted by atomic mass is 10.0. The molecular formula is C18H22N2O4. The molecule has 2 aromatic rings. The van der Waals surface area contributed by atoms with Crippen molar-refractivity contribution < 1.29 is 13.9 Å². The summed E-state index contributed by atoms with van der Waals surface area (Å²) in [7, 11) is 0. The average molecular weight is 330 g/mol. The zero-order chi connectivity index (χ0) is 17.2. The van der Waals surface area contributed by atoms with E-state index in [0.29, 0.717) is 30.7 Å². The number of nitrogens with zero attached hydrogens (tertiary/aromatic N) is 1. The molecule has 1 aliphatic heterocycles. The number of hydrogen-bond acceptors (Lipinski definition) is 5. The molecule has 1 saturated heterocycles. The van der Waals surface area contributed by atoms with Crippen molar-refractivity contribution in [1.29, 1.82) is 0 Å². The van der Waals surface area contributed by atoms with Gasteiger partial charge in [-0.05, 0) is 26.0 Å². The maximum atomic E-state index is 12.4. The molecule has 3 rings (SSSR count). The van der Waals surface area contributed by atoms with Crippen LogP contribution >= 0.6 is 0 Å². The van der Waals surface area contributed by atoms with E-state index in [0.717, 1.165) is 13.1 Å². The second kappa shape index (κ2) is 6.75. The van der Waals surface area contributed by atoms with Crippen LogP contribution < -0.4 is 10.7 Å². The van der Waals surface area contributed by atoms with Crippen molar-refractivity contribution in [3.05, 3.63) is 46.3 Å². The second-order valence-corrected chi connectivity index (χ2v) is 6.57. The minimum Gasteiger partial charge on any atom is -0.463 e. The molecule has 1 amide bonds. The summed E-state index contributed by atoms with van der Waals surface area (Å²) in [6.45, 7) is 7.65. The number of morpholine rings is 1. The van der Waals surface area contributed by atoms with E-state index in [1.165, 1.54) is 6.26 Å². The number of carbonyl (C=O) groups excluding carboxylic acids is 1. The molecule has 0 bridgehead atoms. The minimum absolute atomic E-state index is 0.0338. The highest BCUT2D eigenvalue weighted by molar-refractivity contribution is 5.96. The highest BCUT2D eigenvalue weighted by atomic mass is 16.5. The Balaban J connectivity index is 1.73. The Kier molecular flexibility index (Phi) is 4.69. The van der Waals surface area contributed by atoms with Crippen LogP contribution in [0.1, 0.15) is 24.2 Å². The van der Waals surface area contributed by atoms with E-state index >= 15 is 0 Å². The first kappa shape index (κ1) is 16.7. The molecule has 1 aliphatic rings. The molecule has 1 N–H and O–H groups in total. The van der Waals surface area contributed by atoms with E-state index in [9.17, 15) is 9.59 Å². The quantitative estimate of drug-likeness (QED) is 0.922. The van der Waals surface area contributed by atoms with Crippen LogP contribution in [0, 0.1) is 0 Å². The molecule has 0 spiro atoms. The van der Waals surface area contributed by atoms with E-state index in [1.54, 1.807) is 24.3 Å². The number of hydrogen-bond donors (Lipinski definition) is 1. The Bertz CT molecular complexity index is 791. The number of amides is 1. The maximum absolute atomic E-state index is 12.4. The Morgan fingerprint density at radius 3 is 2.71 bits per heavy atom. The van der Waals surface area contributed by atoms with Gasteiger partial charge in [0.1, 0.15) is 17.4 Å². The van der Waals surface area contributed by atoms with Crippen LogP contribution in [-0.2, 0) is 4.74 Å². The fourth-order valence-electron chi connectivity index (χ4n) is 2.91. The van der Waals surface area contributed by atoms with Gasteiger partial charge in [-0.25, -0.2) is 0 Å². The maximum Gasteiger partial charge on any atom is 0.258 e. The molecule has 2 heterocycles. The number of para-hydroxylation sites is 1. The van der Waals surface area contributed by atoms with Crippen LogP contribution in [0.2, 0.25) is 0 Å². The zero-order valence-electron chi connectivity index (χ0n) is 14.0. The average Bonchev–Trinajstić information content (AvgIpc) is 2.61. The summed E-state index contributed by atoms with van der Waals surface area (Å²) in [6.07, 6.45) is 1.24. The van der Waals surface area contributed by atoms with E-state index in [-0.39, 0.29) is 16.5 Å². The molecule has 0 saturated carbocycles. The largest absolute Gasteiger partial charge is 0.463 e. The molecule has 24 heavy (non-hydrogen) atoms. The third-order valence-electron chi connectivity index (χ3n) is 4.47. The van der Waals surface area contributed by atoms with Gasteiger partial charge in [-0.3, -0.25) is 14.5 Å². The van der Waals surface area contributed by atoms with Gasteiger partial charge in [0.05, 0.1) is 18.6 Å². The first-order valence-electron chi connectivity index (χ1n) is 8.10. The summed E-state index contributed by atoms with van der Waals surface area (Å²) in [6, 6.07) is 6.91. The first-order chi connectivity index (χ1) is 11.5. The van der Waals surface area contributed by atoms with E-state index in [2.05, 4.69) is 24.1 Å². The smallest absolute Gasteiger partial charge is 0.258 e. The van der Waals surface area contributed by atoms with Crippen LogP contribution in [-0.4, -0.2) is 49.2 Å². The summed E-state index contributed by atoms with van der Waals surface area (Å²) < 4.78 is 10.8. The van der Waals surface area contributed by atoms with Crippen molar-refractivity contribution in [2.45, 2.75) is 19.4 Å². The monoisotopic (exact) mass is 330 g/mol. The van der Waals surface area contributed by atoms with Gasteiger partial charge in [0.2, 0.25) is 5.43 Å². The molecule has 6 heteroatoms. The molecule has 1 aromatic carbocycles. The van der Waals surface area contributed by atoms with Gasteiger partial charge in [-0.1, -0.05) is 12.1 Å². The summed E-state index contributed by atoms with van der Waals surface area (Å²) in [5.41, 5.74) is -0.00562. The van der Waals surface area contributed by atoms with Gasteiger partial charge < -0.3 is 14.5 Å². The highest BCUT2D eigenvalue weighted by Crippen LogP contribution is 2.15. The lowest BCUT2D eigenvalue weighted by Gasteiger charge is -2.40. The van der Waals surface area contributed by atoms with Crippen molar-refractivity contribution in [3.8, 4) is 0 Å². The minimum atomic E-state index is -0.407. The lowest BCUT2D eigenvalue weighted by molar-refractivity contribution is -0.00924. The summed E-state index contributed by atoms with van der Waals surface area (Å²) in [5, 5.41) is 3.28. The van der Waals surface area contributed by atoms with Crippen molar-refractivity contribution in [2.24, 2.45) is 0 Å². The molecule has 0 radical (unpaired) electrons. The molecule has 0 aliphatic carbocycles. The van der Waals surface area contributed by atoms with Crippen LogP contribution in [0.25, 0.3) is 11.0 Å². The number of nitrogens with one attached hydrogen (secondary N) is 1. The topological polar surface area (TPSA) is 71.8 Å². The third kappa shape index (κ3) is 3.34. The highest BCUT2D eigenvalue weighted by Gasteiger charge is 2.29. The fraction of sp³-hybridized carbons (Fsp3) is 0.444. The molecule has 1 fully saturated rings. The standard InChI is InChI=1S/C18H22N2O4/c1-18(2,20-7-9-23-10-8-20)12-19-17(22)14-11-24-15-6-4-3-5-13(15)16(14)21/h3-6,11H,7-10,12H2,1-2H3,(H,19,22). The van der Waals surface area contributed by atoms with Crippen molar-refractivity contribution in [2.75, 3.05) is 32.8 Å². The van der Waals surface area contributed by atoms with E-state index < -0.39 is 5.91 Å². The van der Waals surface area contributed by atoms with Gasteiger partial charge in [0.15, 0.2) is 0 Å². The fourth-order valence-corrected chi connectivity index (χ4v) is 2.91. The van der Waals surface area contributed by atoms with Gasteiger partial charge in [-0.15, -0.1) is 0 Å². The molecule has 0 atom stereocenters. The van der Waals surface area contributed by atoms with Crippen LogP contribution in [0.3, 0.4) is 0 Å². The number of benzene rings is 1. The van der Waals surface area contributed by atoms with Gasteiger partial charge in [0, 0.05) is 25.2 Å². The molecule has 6 nitrogen and oxygen atoms in total. The van der Waals surface area contributed by atoms with Crippen LogP contribution in [0.5, 0.6) is 0 Å². The second-order valence-electron chi connectivity index (χ2n) is 6.57. The van der Waals surface area contributed by atoms with Crippen LogP contribution in [0.15, 0.2) is 39.7 Å². The van der Waals surface area contributed by atoms with Gasteiger partial charge in [0.25, 0.3) is 5.91 Å². The zero-order valence-corrected chi connectivity index (χ0v) is 14.0. The van der Waals surface area contributed by atoms with Crippen LogP contribution in [0.4, 0.5) is 0 Å². The number of rotatable bonds is 4. The summed E-state index contributed by atoms with van der Waals surface area (Å²) >= 11 is 0. The summed E-state index contributed by atoms with van der Waals surface area (Å²) in [4.78, 5) is 27.2. The lowest BCUT2D eigenvalue weighted by Crippen LogP contribution is -2.55. The summed E-state index contributed by atoms with van der Waals surface area (Å²) in [5.74, 6) is -0.407. The molecule has 0 unspecified atom stereocenters. The number of carbonyl (C=O) groups is 1. The Labute approximate surface area is 140 Å². The predicted octanol–water partition coefficient (Wildman–Crippen LogP) is 1.63.